The van der Waals surface area contributed by atoms with Crippen LogP contribution >= 0.6 is 0 Å². The molecule has 4 rings (SSSR count). The van der Waals surface area contributed by atoms with E-state index in [0.29, 0.717) is 37.5 Å². The maximum Gasteiger partial charge on any atom is 0.348 e. The van der Waals surface area contributed by atoms with Gasteiger partial charge >= 0.3 is 5.97 Å². The molecule has 0 bridgehead atoms. The Labute approximate surface area is 152 Å². The van der Waals surface area contributed by atoms with Crippen molar-refractivity contribution in [3.63, 3.8) is 0 Å². The molecule has 2 aliphatic rings. The first kappa shape index (κ1) is 16.8. The number of carboxylic acids is 1. The second kappa shape index (κ2) is 6.59. The molecular weight excluding hydrogens is 330 g/mol. The summed E-state index contributed by atoms with van der Waals surface area (Å²) < 4.78 is 6.08. The molecule has 0 amide bonds. The van der Waals surface area contributed by atoms with E-state index in [4.69, 9.17) is 4.74 Å². The summed E-state index contributed by atoms with van der Waals surface area (Å²) in [5.41, 5.74) is 1.47. The summed E-state index contributed by atoms with van der Waals surface area (Å²) in [6.45, 7) is 3.04. The average Bonchev–Trinajstić information content (AvgIpc) is 3.10. The molecule has 1 aromatic carbocycles. The lowest BCUT2D eigenvalue weighted by Crippen LogP contribution is -2.53. The Kier molecular flexibility index (Phi) is 4.26. The zero-order valence-corrected chi connectivity index (χ0v) is 14.9. The SMILES string of the molecule is Cc1nccc(N2CCC(Oc3ccc4c(c3)CCC4)(C(=O)O)CC2)n1. The molecule has 1 N–H and O–H groups in total. The molecule has 0 spiro atoms. The van der Waals surface area contributed by atoms with Crippen molar-refractivity contribution in [2.75, 3.05) is 18.0 Å². The minimum atomic E-state index is -1.18. The number of anilines is 1. The van der Waals surface area contributed by atoms with E-state index in [1.165, 1.54) is 11.1 Å². The van der Waals surface area contributed by atoms with Gasteiger partial charge in [-0.25, -0.2) is 14.8 Å². The topological polar surface area (TPSA) is 75.6 Å². The standard InChI is InChI=1S/C20H23N3O3/c1-14-21-10-7-18(22-14)23-11-8-20(9-12-23,19(24)25)26-17-6-5-15-3-2-4-16(15)13-17/h5-7,10,13H,2-4,8-9,11-12H2,1H3,(H,24,25). The summed E-state index contributed by atoms with van der Waals surface area (Å²) in [6, 6.07) is 7.87. The number of hydrogen-bond acceptors (Lipinski definition) is 5. The lowest BCUT2D eigenvalue weighted by atomic mass is 9.91. The van der Waals surface area contributed by atoms with E-state index in [1.54, 1.807) is 6.20 Å². The monoisotopic (exact) mass is 353 g/mol. The molecule has 26 heavy (non-hydrogen) atoms. The molecule has 2 aromatic rings. The van der Waals surface area contributed by atoms with Crippen molar-refractivity contribution in [3.05, 3.63) is 47.4 Å². The largest absolute Gasteiger partial charge is 0.478 e. The van der Waals surface area contributed by atoms with Gasteiger partial charge in [-0.1, -0.05) is 6.07 Å². The van der Waals surface area contributed by atoms with E-state index in [2.05, 4.69) is 20.9 Å². The Bertz CT molecular complexity index is 829. The van der Waals surface area contributed by atoms with Crippen LogP contribution in [0.4, 0.5) is 5.82 Å². The van der Waals surface area contributed by atoms with Crippen LogP contribution in [0.25, 0.3) is 0 Å². The van der Waals surface area contributed by atoms with Gasteiger partial charge in [-0.3, -0.25) is 0 Å². The number of aryl methyl sites for hydroxylation is 3. The molecule has 6 nitrogen and oxygen atoms in total. The van der Waals surface area contributed by atoms with Crippen LogP contribution in [0.3, 0.4) is 0 Å². The van der Waals surface area contributed by atoms with E-state index in [0.717, 1.165) is 25.1 Å². The fourth-order valence-electron chi connectivity index (χ4n) is 3.91. The number of benzene rings is 1. The predicted molar refractivity (Wildman–Crippen MR) is 97.7 cm³/mol. The highest BCUT2D eigenvalue weighted by Gasteiger charge is 2.44. The highest BCUT2D eigenvalue weighted by Crippen LogP contribution is 2.33. The number of rotatable bonds is 4. The first-order valence-electron chi connectivity index (χ1n) is 9.15. The summed E-state index contributed by atoms with van der Waals surface area (Å²) in [7, 11) is 0. The fourth-order valence-corrected chi connectivity index (χ4v) is 3.91. The molecule has 1 aromatic heterocycles. The molecule has 1 fully saturated rings. The van der Waals surface area contributed by atoms with Gasteiger partial charge in [0.15, 0.2) is 0 Å². The number of carboxylic acid groups (broad SMARTS) is 1. The van der Waals surface area contributed by atoms with Crippen LogP contribution < -0.4 is 9.64 Å². The van der Waals surface area contributed by atoms with E-state index in [1.807, 2.05) is 25.1 Å². The second-order valence-corrected chi connectivity index (χ2v) is 7.13. The predicted octanol–water partition coefficient (Wildman–Crippen LogP) is 2.78. The number of aromatic nitrogens is 2. The molecule has 6 heteroatoms. The highest BCUT2D eigenvalue weighted by atomic mass is 16.5. The zero-order valence-electron chi connectivity index (χ0n) is 14.9. The van der Waals surface area contributed by atoms with Gasteiger partial charge in [0.2, 0.25) is 5.60 Å². The first-order chi connectivity index (χ1) is 12.6. The third-order valence-corrected chi connectivity index (χ3v) is 5.43. The quantitative estimate of drug-likeness (QED) is 0.911. The molecule has 1 aliphatic carbocycles. The summed E-state index contributed by atoms with van der Waals surface area (Å²) in [5.74, 6) is 1.33. The van der Waals surface area contributed by atoms with Gasteiger partial charge in [0.05, 0.1) is 0 Å². The lowest BCUT2D eigenvalue weighted by Gasteiger charge is -2.39. The third kappa shape index (κ3) is 3.11. The molecular formula is C20H23N3O3. The number of hydrogen-bond donors (Lipinski definition) is 1. The van der Waals surface area contributed by atoms with Crippen LogP contribution in [0.5, 0.6) is 5.75 Å². The van der Waals surface area contributed by atoms with Gasteiger partial charge in [0.25, 0.3) is 0 Å². The first-order valence-corrected chi connectivity index (χ1v) is 9.15. The minimum Gasteiger partial charge on any atom is -0.478 e. The van der Waals surface area contributed by atoms with Gasteiger partial charge in [-0.2, -0.15) is 0 Å². The molecule has 1 aliphatic heterocycles. The number of piperidine rings is 1. The number of aliphatic carboxylic acids is 1. The summed E-state index contributed by atoms with van der Waals surface area (Å²) in [4.78, 5) is 22.7. The Hall–Kier alpha value is -2.63. The van der Waals surface area contributed by atoms with Gasteiger partial charge in [0.1, 0.15) is 17.4 Å². The summed E-state index contributed by atoms with van der Waals surface area (Å²) in [6.07, 6.45) is 5.89. The number of ether oxygens (including phenoxy) is 1. The van der Waals surface area contributed by atoms with Gasteiger partial charge in [-0.15, -0.1) is 0 Å². The van der Waals surface area contributed by atoms with Crippen molar-refractivity contribution in [3.8, 4) is 5.75 Å². The Morgan fingerprint density at radius 2 is 1.96 bits per heavy atom. The van der Waals surface area contributed by atoms with E-state index < -0.39 is 11.6 Å². The summed E-state index contributed by atoms with van der Waals surface area (Å²) >= 11 is 0. The van der Waals surface area contributed by atoms with E-state index in [9.17, 15) is 9.90 Å². The van der Waals surface area contributed by atoms with Gasteiger partial charge in [-0.05, 0) is 55.5 Å². The Morgan fingerprint density at radius 1 is 1.19 bits per heavy atom. The smallest absolute Gasteiger partial charge is 0.348 e. The summed E-state index contributed by atoms with van der Waals surface area (Å²) in [5, 5.41) is 9.88. The lowest BCUT2D eigenvalue weighted by molar-refractivity contribution is -0.157. The zero-order chi connectivity index (χ0) is 18.1. The van der Waals surface area contributed by atoms with Crippen LogP contribution in [0.1, 0.15) is 36.2 Å². The van der Waals surface area contributed by atoms with Crippen LogP contribution in [0.2, 0.25) is 0 Å². The molecule has 0 unspecified atom stereocenters. The van der Waals surface area contributed by atoms with Crippen LogP contribution in [-0.4, -0.2) is 39.7 Å². The Balaban J connectivity index is 1.51. The molecule has 1 saturated heterocycles. The molecule has 0 saturated carbocycles. The second-order valence-electron chi connectivity index (χ2n) is 7.13. The third-order valence-electron chi connectivity index (χ3n) is 5.43. The molecule has 0 radical (unpaired) electrons. The average molecular weight is 353 g/mol. The van der Waals surface area contributed by atoms with Crippen molar-refractivity contribution in [2.24, 2.45) is 0 Å². The fraction of sp³-hybridized carbons (Fsp3) is 0.450. The Morgan fingerprint density at radius 3 is 2.69 bits per heavy atom. The van der Waals surface area contributed by atoms with Crippen molar-refractivity contribution in [1.29, 1.82) is 0 Å². The highest BCUT2D eigenvalue weighted by molar-refractivity contribution is 5.78. The normalized spacial score (nSPS) is 18.4. The van der Waals surface area contributed by atoms with Gasteiger partial charge in [0, 0.05) is 32.1 Å². The van der Waals surface area contributed by atoms with E-state index in [-0.39, 0.29) is 0 Å². The maximum absolute atomic E-state index is 12.0. The molecule has 136 valence electrons. The van der Waals surface area contributed by atoms with Crippen LogP contribution in [0.15, 0.2) is 30.5 Å². The number of fused-ring (bicyclic) bond motifs is 1. The number of nitrogens with zero attached hydrogens (tertiary/aromatic N) is 3. The van der Waals surface area contributed by atoms with E-state index >= 15 is 0 Å². The number of carbonyl (C=O) groups is 1. The van der Waals surface area contributed by atoms with Crippen molar-refractivity contribution in [2.45, 2.75) is 44.6 Å². The van der Waals surface area contributed by atoms with Crippen molar-refractivity contribution in [1.82, 2.24) is 9.97 Å². The van der Waals surface area contributed by atoms with Crippen LogP contribution in [-0.2, 0) is 17.6 Å². The van der Waals surface area contributed by atoms with Crippen molar-refractivity contribution >= 4 is 11.8 Å². The molecule has 2 heterocycles. The minimum absolute atomic E-state index is 0.419. The van der Waals surface area contributed by atoms with Crippen LogP contribution in [0, 0.1) is 6.92 Å². The van der Waals surface area contributed by atoms with Gasteiger partial charge < -0.3 is 14.7 Å². The maximum atomic E-state index is 12.0. The van der Waals surface area contributed by atoms with Crippen molar-refractivity contribution < 1.29 is 14.6 Å². The molecule has 0 atom stereocenters.